The Morgan fingerprint density at radius 2 is 2.00 bits per heavy atom. The predicted octanol–water partition coefficient (Wildman–Crippen LogP) is 2.33. The fourth-order valence-electron chi connectivity index (χ4n) is 3.93. The lowest BCUT2D eigenvalue weighted by molar-refractivity contribution is 0.391. The summed E-state index contributed by atoms with van der Waals surface area (Å²) in [6.45, 7) is 13.0. The van der Waals surface area contributed by atoms with Gasteiger partial charge in [-0.2, -0.15) is 10.2 Å². The minimum absolute atomic E-state index is 0.298. The third kappa shape index (κ3) is 4.79. The average Bonchev–Trinajstić information content (AvgIpc) is 3.26. The van der Waals surface area contributed by atoms with E-state index in [1.807, 2.05) is 11.7 Å². The van der Waals surface area contributed by atoms with Crippen molar-refractivity contribution in [1.82, 2.24) is 35.2 Å². The Balaban J connectivity index is 1.72. The standard InChI is InChI=1S/C21H36N8/c1-7-17-16(18(8-2)28(6)26-17)12-23-21(22-9-3)24-15-10-11-19-25-20(14(4)5)27-29(19)13-15/h14-15H,7-13H2,1-6H3,(H2,22,23,24). The molecular formula is C21H36N8. The lowest BCUT2D eigenvalue weighted by Gasteiger charge is -2.25. The van der Waals surface area contributed by atoms with Gasteiger partial charge in [0.25, 0.3) is 0 Å². The number of fused-ring (bicyclic) bond motifs is 1. The molecule has 0 saturated carbocycles. The van der Waals surface area contributed by atoms with Crippen LogP contribution in [-0.4, -0.2) is 43.1 Å². The van der Waals surface area contributed by atoms with Gasteiger partial charge in [-0.05, 0) is 26.2 Å². The van der Waals surface area contributed by atoms with Crippen LogP contribution in [-0.2, 0) is 39.4 Å². The maximum atomic E-state index is 4.89. The number of rotatable bonds is 7. The van der Waals surface area contributed by atoms with Crippen molar-refractivity contribution in [3.8, 4) is 0 Å². The average molecular weight is 401 g/mol. The van der Waals surface area contributed by atoms with E-state index >= 15 is 0 Å². The monoisotopic (exact) mass is 400 g/mol. The molecule has 1 unspecified atom stereocenters. The van der Waals surface area contributed by atoms with Gasteiger partial charge in [-0.25, -0.2) is 14.7 Å². The Bertz CT molecular complexity index is 845. The molecule has 29 heavy (non-hydrogen) atoms. The molecule has 3 heterocycles. The molecule has 2 aromatic heterocycles. The van der Waals surface area contributed by atoms with Crippen LogP contribution >= 0.6 is 0 Å². The summed E-state index contributed by atoms with van der Waals surface area (Å²) in [5.74, 6) is 3.26. The molecule has 1 aliphatic rings. The molecule has 2 N–H and O–H groups in total. The molecule has 0 aromatic carbocycles. The van der Waals surface area contributed by atoms with Crippen LogP contribution in [0.1, 0.15) is 75.6 Å². The van der Waals surface area contributed by atoms with Crippen LogP contribution in [0.15, 0.2) is 4.99 Å². The van der Waals surface area contributed by atoms with E-state index < -0.39 is 0 Å². The van der Waals surface area contributed by atoms with Crippen molar-refractivity contribution in [2.24, 2.45) is 12.0 Å². The second-order valence-corrected chi connectivity index (χ2v) is 8.00. The zero-order valence-electron chi connectivity index (χ0n) is 18.8. The largest absolute Gasteiger partial charge is 0.357 e. The van der Waals surface area contributed by atoms with Crippen molar-refractivity contribution in [3.63, 3.8) is 0 Å². The lowest BCUT2D eigenvalue weighted by Crippen LogP contribution is -2.47. The van der Waals surface area contributed by atoms with Crippen LogP contribution < -0.4 is 10.6 Å². The van der Waals surface area contributed by atoms with Crippen molar-refractivity contribution in [3.05, 3.63) is 28.6 Å². The van der Waals surface area contributed by atoms with E-state index in [2.05, 4.69) is 65.1 Å². The molecule has 1 aliphatic heterocycles. The van der Waals surface area contributed by atoms with E-state index in [9.17, 15) is 0 Å². The Morgan fingerprint density at radius 1 is 1.21 bits per heavy atom. The van der Waals surface area contributed by atoms with E-state index in [4.69, 9.17) is 4.99 Å². The van der Waals surface area contributed by atoms with Gasteiger partial charge in [-0.1, -0.05) is 27.7 Å². The smallest absolute Gasteiger partial charge is 0.191 e. The van der Waals surface area contributed by atoms with Gasteiger partial charge < -0.3 is 10.6 Å². The molecule has 0 bridgehead atoms. The number of hydrogen-bond donors (Lipinski definition) is 2. The third-order valence-electron chi connectivity index (χ3n) is 5.50. The molecule has 0 radical (unpaired) electrons. The summed E-state index contributed by atoms with van der Waals surface area (Å²) in [6.07, 6.45) is 3.88. The van der Waals surface area contributed by atoms with E-state index in [1.54, 1.807) is 0 Å². The summed E-state index contributed by atoms with van der Waals surface area (Å²) in [5.41, 5.74) is 3.68. The summed E-state index contributed by atoms with van der Waals surface area (Å²) in [5, 5.41) is 16.4. The van der Waals surface area contributed by atoms with Gasteiger partial charge in [0, 0.05) is 43.2 Å². The summed E-state index contributed by atoms with van der Waals surface area (Å²) in [7, 11) is 2.03. The molecule has 8 nitrogen and oxygen atoms in total. The van der Waals surface area contributed by atoms with Crippen LogP contribution in [0.3, 0.4) is 0 Å². The van der Waals surface area contributed by atoms with E-state index in [0.29, 0.717) is 18.5 Å². The molecule has 8 heteroatoms. The highest BCUT2D eigenvalue weighted by molar-refractivity contribution is 5.80. The predicted molar refractivity (Wildman–Crippen MR) is 116 cm³/mol. The molecule has 0 spiro atoms. The van der Waals surface area contributed by atoms with Gasteiger partial charge >= 0.3 is 0 Å². The van der Waals surface area contributed by atoms with Crippen molar-refractivity contribution in [2.45, 2.75) is 85.4 Å². The molecule has 160 valence electrons. The van der Waals surface area contributed by atoms with Crippen molar-refractivity contribution in [1.29, 1.82) is 0 Å². The fourth-order valence-corrected chi connectivity index (χ4v) is 3.93. The Morgan fingerprint density at radius 3 is 2.66 bits per heavy atom. The first-order valence-corrected chi connectivity index (χ1v) is 11.0. The number of hydrogen-bond acceptors (Lipinski definition) is 4. The van der Waals surface area contributed by atoms with E-state index in [0.717, 1.165) is 62.1 Å². The second kappa shape index (κ2) is 9.41. The van der Waals surface area contributed by atoms with Crippen LogP contribution in [0.2, 0.25) is 0 Å². The maximum Gasteiger partial charge on any atom is 0.191 e. The summed E-state index contributed by atoms with van der Waals surface area (Å²) < 4.78 is 4.06. The Labute approximate surface area is 174 Å². The lowest BCUT2D eigenvalue weighted by atomic mass is 10.1. The van der Waals surface area contributed by atoms with Crippen molar-refractivity contribution in [2.75, 3.05) is 6.54 Å². The highest BCUT2D eigenvalue weighted by Gasteiger charge is 2.23. The van der Waals surface area contributed by atoms with Gasteiger partial charge in [0.2, 0.25) is 0 Å². The molecular weight excluding hydrogens is 364 g/mol. The number of guanidine groups is 1. The first-order chi connectivity index (χ1) is 14.0. The van der Waals surface area contributed by atoms with Gasteiger partial charge in [0.15, 0.2) is 11.8 Å². The summed E-state index contributed by atoms with van der Waals surface area (Å²) in [6, 6.07) is 0.298. The molecule has 0 fully saturated rings. The minimum Gasteiger partial charge on any atom is -0.357 e. The van der Waals surface area contributed by atoms with Crippen LogP contribution in [0.25, 0.3) is 0 Å². The van der Waals surface area contributed by atoms with E-state index in [-0.39, 0.29) is 0 Å². The number of nitrogens with zero attached hydrogens (tertiary/aromatic N) is 6. The Kier molecular flexibility index (Phi) is 6.92. The topological polar surface area (TPSA) is 84.9 Å². The fraction of sp³-hybridized carbons (Fsp3) is 0.714. The molecule has 0 saturated heterocycles. The summed E-state index contributed by atoms with van der Waals surface area (Å²) >= 11 is 0. The SMILES string of the molecule is CCNC(=NCc1c(CC)nn(C)c1CC)NC1CCc2nc(C(C)C)nn2C1. The molecule has 0 aliphatic carbocycles. The van der Waals surface area contributed by atoms with E-state index in [1.165, 1.54) is 11.3 Å². The molecule has 0 amide bonds. The molecule has 3 rings (SSSR count). The number of aryl methyl sites for hydroxylation is 3. The van der Waals surface area contributed by atoms with Crippen molar-refractivity contribution >= 4 is 5.96 Å². The third-order valence-corrected chi connectivity index (χ3v) is 5.50. The number of aliphatic imine (C=N–C) groups is 1. The highest BCUT2D eigenvalue weighted by Crippen LogP contribution is 2.18. The molecule has 1 atom stereocenters. The second-order valence-electron chi connectivity index (χ2n) is 8.00. The zero-order valence-corrected chi connectivity index (χ0v) is 18.8. The van der Waals surface area contributed by atoms with Gasteiger partial charge in [0.1, 0.15) is 5.82 Å². The number of nitrogens with one attached hydrogen (secondary N) is 2. The zero-order chi connectivity index (χ0) is 21.0. The van der Waals surface area contributed by atoms with Crippen LogP contribution in [0.5, 0.6) is 0 Å². The highest BCUT2D eigenvalue weighted by atomic mass is 15.4. The van der Waals surface area contributed by atoms with Gasteiger partial charge in [-0.3, -0.25) is 4.68 Å². The normalized spacial score (nSPS) is 16.9. The first-order valence-electron chi connectivity index (χ1n) is 11.0. The maximum absolute atomic E-state index is 4.89. The van der Waals surface area contributed by atoms with Gasteiger partial charge in [0.05, 0.1) is 18.8 Å². The van der Waals surface area contributed by atoms with Crippen LogP contribution in [0.4, 0.5) is 0 Å². The van der Waals surface area contributed by atoms with Crippen molar-refractivity contribution < 1.29 is 0 Å². The first kappa shape index (κ1) is 21.3. The van der Waals surface area contributed by atoms with Gasteiger partial charge in [-0.15, -0.1) is 0 Å². The quantitative estimate of drug-likeness (QED) is 0.550. The Hall–Kier alpha value is -2.38. The number of aromatic nitrogens is 5. The molecule has 2 aromatic rings. The summed E-state index contributed by atoms with van der Waals surface area (Å²) in [4.78, 5) is 9.58. The van der Waals surface area contributed by atoms with Crippen LogP contribution in [0, 0.1) is 0 Å². The minimum atomic E-state index is 0.298.